The van der Waals surface area contributed by atoms with E-state index in [4.69, 9.17) is 5.11 Å². The van der Waals surface area contributed by atoms with Gasteiger partial charge in [-0.25, -0.2) is 0 Å². The van der Waals surface area contributed by atoms with Crippen molar-refractivity contribution in [3.63, 3.8) is 0 Å². The van der Waals surface area contributed by atoms with Crippen molar-refractivity contribution < 1.29 is 14.7 Å². The van der Waals surface area contributed by atoms with E-state index in [-0.39, 0.29) is 17.9 Å². The van der Waals surface area contributed by atoms with Crippen LogP contribution in [0.3, 0.4) is 0 Å². The third-order valence-corrected chi connectivity index (χ3v) is 3.27. The van der Waals surface area contributed by atoms with Gasteiger partial charge < -0.3 is 15.3 Å². The summed E-state index contributed by atoms with van der Waals surface area (Å²) in [5.41, 5.74) is 0. The van der Waals surface area contributed by atoms with Gasteiger partial charge in [0.25, 0.3) is 0 Å². The highest BCUT2D eigenvalue weighted by Gasteiger charge is 2.29. The predicted molar refractivity (Wildman–Crippen MR) is 60.0 cm³/mol. The lowest BCUT2D eigenvalue weighted by Gasteiger charge is -2.20. The van der Waals surface area contributed by atoms with Crippen molar-refractivity contribution in [2.45, 2.75) is 26.3 Å². The average Bonchev–Trinajstić information content (AvgIpc) is 2.63. The van der Waals surface area contributed by atoms with E-state index in [9.17, 15) is 9.59 Å². The number of amides is 1. The van der Waals surface area contributed by atoms with E-state index in [1.165, 1.54) is 0 Å². The second-order valence-electron chi connectivity index (χ2n) is 4.67. The first-order valence-electron chi connectivity index (χ1n) is 5.63. The zero-order chi connectivity index (χ0) is 12.3. The van der Waals surface area contributed by atoms with Crippen molar-refractivity contribution in [2.24, 2.45) is 11.8 Å². The number of carbonyl (C=O) groups excluding carboxylic acids is 1. The highest BCUT2D eigenvalue weighted by molar-refractivity contribution is 5.80. The molecule has 0 aromatic carbocycles. The maximum Gasteiger partial charge on any atom is 0.308 e. The number of nitrogens with zero attached hydrogens (tertiary/aromatic N) is 1. The second-order valence-corrected chi connectivity index (χ2v) is 4.67. The third kappa shape index (κ3) is 3.20. The summed E-state index contributed by atoms with van der Waals surface area (Å²) < 4.78 is 0. The fraction of sp³-hybridized carbons (Fsp3) is 0.818. The van der Waals surface area contributed by atoms with Gasteiger partial charge >= 0.3 is 5.97 Å². The Balaban J connectivity index is 2.42. The van der Waals surface area contributed by atoms with Crippen molar-refractivity contribution in [2.75, 3.05) is 20.1 Å². The molecule has 0 bridgehead atoms. The molecule has 16 heavy (non-hydrogen) atoms. The molecule has 1 saturated heterocycles. The van der Waals surface area contributed by atoms with Gasteiger partial charge in [0.2, 0.25) is 5.91 Å². The van der Waals surface area contributed by atoms with Crippen LogP contribution in [-0.4, -0.2) is 48.1 Å². The molecular formula is C11H20N2O3. The van der Waals surface area contributed by atoms with Crippen LogP contribution in [0.5, 0.6) is 0 Å². The number of rotatable bonds is 4. The summed E-state index contributed by atoms with van der Waals surface area (Å²) >= 11 is 0. The summed E-state index contributed by atoms with van der Waals surface area (Å²) in [6.07, 6.45) is 0.858. The van der Waals surface area contributed by atoms with E-state index in [1.54, 1.807) is 13.8 Å². The molecule has 1 aliphatic rings. The quantitative estimate of drug-likeness (QED) is 0.719. The van der Waals surface area contributed by atoms with Crippen LogP contribution in [0.1, 0.15) is 20.3 Å². The van der Waals surface area contributed by atoms with Crippen molar-refractivity contribution >= 4 is 11.9 Å². The van der Waals surface area contributed by atoms with Gasteiger partial charge in [0.05, 0.1) is 11.8 Å². The monoisotopic (exact) mass is 228 g/mol. The van der Waals surface area contributed by atoms with Gasteiger partial charge in [0.1, 0.15) is 0 Å². The Labute approximate surface area is 95.8 Å². The van der Waals surface area contributed by atoms with Crippen molar-refractivity contribution in [1.29, 1.82) is 0 Å². The third-order valence-electron chi connectivity index (χ3n) is 3.27. The van der Waals surface area contributed by atoms with Crippen molar-refractivity contribution in [3.05, 3.63) is 0 Å². The molecule has 92 valence electrons. The molecule has 0 radical (unpaired) electrons. The fourth-order valence-electron chi connectivity index (χ4n) is 1.83. The van der Waals surface area contributed by atoms with Crippen LogP contribution >= 0.6 is 0 Å². The molecule has 3 atom stereocenters. The van der Waals surface area contributed by atoms with Gasteiger partial charge in [0.15, 0.2) is 0 Å². The molecule has 1 rings (SSSR count). The number of carboxylic acids is 1. The summed E-state index contributed by atoms with van der Waals surface area (Å²) in [5.74, 6) is -1.45. The number of hydrogen-bond donors (Lipinski definition) is 2. The lowest BCUT2D eigenvalue weighted by atomic mass is 10.0. The molecule has 3 unspecified atom stereocenters. The van der Waals surface area contributed by atoms with E-state index in [0.29, 0.717) is 0 Å². The van der Waals surface area contributed by atoms with Crippen LogP contribution in [0.2, 0.25) is 0 Å². The highest BCUT2D eigenvalue weighted by atomic mass is 16.4. The Kier molecular flexibility index (Phi) is 4.29. The second kappa shape index (κ2) is 5.30. The lowest BCUT2D eigenvalue weighted by Crippen LogP contribution is -2.43. The SMILES string of the molecule is CC(NC(=O)C1CCN(C)C1)C(C)C(=O)O. The van der Waals surface area contributed by atoms with E-state index >= 15 is 0 Å². The molecule has 5 heteroatoms. The first kappa shape index (κ1) is 13.0. The Bertz CT molecular complexity index is 280. The standard InChI is InChI=1S/C11H20N2O3/c1-7(11(15)16)8(2)12-10(14)9-4-5-13(3)6-9/h7-9H,4-6H2,1-3H3,(H,12,14)(H,15,16). The molecule has 0 saturated carbocycles. The first-order chi connectivity index (χ1) is 7.41. The minimum atomic E-state index is -0.878. The van der Waals surface area contributed by atoms with E-state index < -0.39 is 11.9 Å². The smallest absolute Gasteiger partial charge is 0.308 e. The first-order valence-corrected chi connectivity index (χ1v) is 5.63. The lowest BCUT2D eigenvalue weighted by molar-refractivity contribution is -0.142. The molecule has 1 aliphatic heterocycles. The van der Waals surface area contributed by atoms with Crippen LogP contribution in [0.15, 0.2) is 0 Å². The topological polar surface area (TPSA) is 69.6 Å². The van der Waals surface area contributed by atoms with Gasteiger partial charge in [-0.05, 0) is 33.9 Å². The summed E-state index contributed by atoms with van der Waals surface area (Å²) in [6, 6.07) is -0.323. The maximum atomic E-state index is 11.8. The zero-order valence-electron chi connectivity index (χ0n) is 10.1. The Hall–Kier alpha value is -1.10. The fourth-order valence-corrected chi connectivity index (χ4v) is 1.83. The van der Waals surface area contributed by atoms with Crippen LogP contribution in [0, 0.1) is 11.8 Å². The summed E-state index contributed by atoms with van der Waals surface area (Å²) in [4.78, 5) is 24.6. The van der Waals surface area contributed by atoms with E-state index in [1.807, 2.05) is 7.05 Å². The summed E-state index contributed by atoms with van der Waals surface area (Å²) in [5, 5.41) is 11.6. The molecule has 0 aromatic heterocycles. The largest absolute Gasteiger partial charge is 0.481 e. The van der Waals surface area contributed by atoms with Crippen LogP contribution in [0.4, 0.5) is 0 Å². The number of carbonyl (C=O) groups is 2. The molecule has 1 fully saturated rings. The van der Waals surface area contributed by atoms with Crippen LogP contribution in [-0.2, 0) is 9.59 Å². The highest BCUT2D eigenvalue weighted by Crippen LogP contribution is 2.15. The summed E-state index contributed by atoms with van der Waals surface area (Å²) in [7, 11) is 1.98. The zero-order valence-corrected chi connectivity index (χ0v) is 10.1. The maximum absolute atomic E-state index is 11.8. The molecule has 0 aliphatic carbocycles. The molecule has 1 amide bonds. The molecule has 0 aromatic rings. The number of carboxylic acid groups (broad SMARTS) is 1. The van der Waals surface area contributed by atoms with Gasteiger partial charge in [-0.1, -0.05) is 0 Å². The predicted octanol–water partition coefficient (Wildman–Crippen LogP) is 0.164. The van der Waals surface area contributed by atoms with Crippen molar-refractivity contribution in [1.82, 2.24) is 10.2 Å². The normalized spacial score (nSPS) is 25.1. The molecule has 2 N–H and O–H groups in total. The Morgan fingerprint density at radius 1 is 1.44 bits per heavy atom. The Morgan fingerprint density at radius 2 is 2.06 bits per heavy atom. The number of aliphatic carboxylic acids is 1. The van der Waals surface area contributed by atoms with Gasteiger partial charge in [-0.2, -0.15) is 0 Å². The van der Waals surface area contributed by atoms with Crippen LogP contribution < -0.4 is 5.32 Å². The minimum absolute atomic E-state index is 0.00782. The van der Waals surface area contributed by atoms with Gasteiger partial charge in [-0.3, -0.25) is 9.59 Å². The average molecular weight is 228 g/mol. The molecule has 5 nitrogen and oxygen atoms in total. The molecular weight excluding hydrogens is 208 g/mol. The van der Waals surface area contributed by atoms with Crippen molar-refractivity contribution in [3.8, 4) is 0 Å². The summed E-state index contributed by atoms with van der Waals surface area (Å²) in [6.45, 7) is 5.03. The van der Waals surface area contributed by atoms with E-state index in [0.717, 1.165) is 19.5 Å². The van der Waals surface area contributed by atoms with Gasteiger partial charge in [0, 0.05) is 12.6 Å². The van der Waals surface area contributed by atoms with Gasteiger partial charge in [-0.15, -0.1) is 0 Å². The number of likely N-dealkylation sites (tertiary alicyclic amines) is 1. The molecule has 1 heterocycles. The van der Waals surface area contributed by atoms with Crippen LogP contribution in [0.25, 0.3) is 0 Å². The van der Waals surface area contributed by atoms with E-state index in [2.05, 4.69) is 10.2 Å². The Morgan fingerprint density at radius 3 is 2.50 bits per heavy atom. The number of hydrogen-bond acceptors (Lipinski definition) is 3. The minimum Gasteiger partial charge on any atom is -0.481 e. The number of nitrogens with one attached hydrogen (secondary N) is 1. The molecule has 0 spiro atoms.